The molecular weight excluding hydrogens is 574 g/mol. The monoisotopic (exact) mass is 603 g/mol. The first-order chi connectivity index (χ1) is 16.9. The standard InChI is InChI=1S/C27H31Br2N3O3/c1-4-17(3)35-25-22(34-5-2)15-19(23(28)24(25)29)16-30-32-26(18-11-7-6-8-12-18)31-21-14-10-9-13-20(21)27(32)33/h9-10,13-18H,4-8,11-12H2,1-3H3/t17-/m0/s1. The zero-order chi connectivity index (χ0) is 24.9. The molecule has 0 N–H and O–H groups in total. The molecule has 0 saturated heterocycles. The second-order valence-corrected chi connectivity index (χ2v) is 10.5. The Morgan fingerprint density at radius 2 is 1.91 bits per heavy atom. The molecule has 2 aromatic carbocycles. The summed E-state index contributed by atoms with van der Waals surface area (Å²) in [5.41, 5.74) is 1.34. The zero-order valence-electron chi connectivity index (χ0n) is 20.4. The third kappa shape index (κ3) is 5.64. The molecule has 0 amide bonds. The van der Waals surface area contributed by atoms with Gasteiger partial charge in [0.05, 0.1) is 34.3 Å². The summed E-state index contributed by atoms with van der Waals surface area (Å²) in [6.45, 7) is 6.54. The molecular formula is C27H31Br2N3O3. The third-order valence-corrected chi connectivity index (χ3v) is 8.55. The number of aromatic nitrogens is 2. The minimum atomic E-state index is -0.149. The van der Waals surface area contributed by atoms with E-state index in [4.69, 9.17) is 14.5 Å². The number of nitrogens with zero attached hydrogens (tertiary/aromatic N) is 3. The fourth-order valence-electron chi connectivity index (χ4n) is 4.35. The van der Waals surface area contributed by atoms with Crippen molar-refractivity contribution in [3.05, 3.63) is 61.0 Å². The average Bonchev–Trinajstić information content (AvgIpc) is 2.88. The Balaban J connectivity index is 1.82. The molecule has 1 fully saturated rings. The van der Waals surface area contributed by atoms with Crippen LogP contribution < -0.4 is 15.0 Å². The van der Waals surface area contributed by atoms with Crippen molar-refractivity contribution < 1.29 is 9.47 Å². The van der Waals surface area contributed by atoms with Crippen molar-refractivity contribution in [3.8, 4) is 11.5 Å². The van der Waals surface area contributed by atoms with Crippen molar-refractivity contribution in [1.82, 2.24) is 9.66 Å². The normalized spacial score (nSPS) is 15.6. The average molecular weight is 605 g/mol. The van der Waals surface area contributed by atoms with E-state index in [-0.39, 0.29) is 17.6 Å². The van der Waals surface area contributed by atoms with E-state index in [1.807, 2.05) is 44.2 Å². The van der Waals surface area contributed by atoms with Crippen LogP contribution in [-0.2, 0) is 0 Å². The van der Waals surface area contributed by atoms with Crippen molar-refractivity contribution in [2.24, 2.45) is 5.10 Å². The molecule has 0 bridgehead atoms. The van der Waals surface area contributed by atoms with E-state index in [9.17, 15) is 4.79 Å². The smallest absolute Gasteiger partial charge is 0.282 e. The fourth-order valence-corrected chi connectivity index (χ4v) is 5.27. The van der Waals surface area contributed by atoms with E-state index in [2.05, 4.69) is 43.9 Å². The molecule has 1 aliphatic carbocycles. The number of fused-ring (bicyclic) bond motifs is 1. The zero-order valence-corrected chi connectivity index (χ0v) is 23.6. The highest BCUT2D eigenvalue weighted by Crippen LogP contribution is 2.43. The van der Waals surface area contributed by atoms with Gasteiger partial charge >= 0.3 is 0 Å². The number of hydrogen-bond acceptors (Lipinski definition) is 5. The van der Waals surface area contributed by atoms with Gasteiger partial charge in [0.15, 0.2) is 11.5 Å². The van der Waals surface area contributed by atoms with Crippen LogP contribution in [0.5, 0.6) is 11.5 Å². The van der Waals surface area contributed by atoms with Crippen molar-refractivity contribution in [2.45, 2.75) is 71.3 Å². The molecule has 1 aliphatic rings. The molecule has 1 atom stereocenters. The van der Waals surface area contributed by atoms with Crippen molar-refractivity contribution in [2.75, 3.05) is 6.61 Å². The van der Waals surface area contributed by atoms with E-state index in [0.717, 1.165) is 58.0 Å². The Hall–Kier alpha value is -2.19. The molecule has 0 unspecified atom stereocenters. The number of rotatable bonds is 8. The van der Waals surface area contributed by atoms with Crippen molar-refractivity contribution >= 4 is 49.0 Å². The molecule has 35 heavy (non-hydrogen) atoms. The topological polar surface area (TPSA) is 65.7 Å². The SMILES string of the molecule is CCOc1cc(C=Nn2c(C3CCCCC3)nc3ccccc3c2=O)c(Br)c(Br)c1O[C@@H](C)CC. The quantitative estimate of drug-likeness (QED) is 0.251. The molecule has 6 nitrogen and oxygen atoms in total. The summed E-state index contributed by atoms with van der Waals surface area (Å²) in [7, 11) is 0. The molecule has 1 saturated carbocycles. The van der Waals surface area contributed by atoms with Crippen LogP contribution in [0, 0.1) is 0 Å². The van der Waals surface area contributed by atoms with Gasteiger partial charge in [0.25, 0.3) is 5.56 Å². The highest BCUT2D eigenvalue weighted by Gasteiger charge is 2.23. The van der Waals surface area contributed by atoms with Gasteiger partial charge in [0.2, 0.25) is 0 Å². The molecule has 0 aliphatic heterocycles. The molecule has 3 aromatic rings. The van der Waals surface area contributed by atoms with Gasteiger partial charge < -0.3 is 9.47 Å². The third-order valence-electron chi connectivity index (χ3n) is 6.41. The van der Waals surface area contributed by atoms with Gasteiger partial charge in [0, 0.05) is 16.0 Å². The first-order valence-electron chi connectivity index (χ1n) is 12.3. The van der Waals surface area contributed by atoms with Crippen LogP contribution in [0.15, 0.2) is 49.2 Å². The Morgan fingerprint density at radius 1 is 1.17 bits per heavy atom. The minimum Gasteiger partial charge on any atom is -0.490 e. The van der Waals surface area contributed by atoms with E-state index in [0.29, 0.717) is 23.5 Å². The fraction of sp³-hybridized carbons (Fsp3) is 0.444. The van der Waals surface area contributed by atoms with E-state index >= 15 is 0 Å². The molecule has 1 aromatic heterocycles. The van der Waals surface area contributed by atoms with Crippen molar-refractivity contribution in [1.29, 1.82) is 0 Å². The lowest BCUT2D eigenvalue weighted by Crippen LogP contribution is -2.25. The van der Waals surface area contributed by atoms with Crippen LogP contribution in [0.1, 0.15) is 76.6 Å². The summed E-state index contributed by atoms with van der Waals surface area (Å²) >= 11 is 7.34. The van der Waals surface area contributed by atoms with Crippen LogP contribution in [0.4, 0.5) is 0 Å². The second kappa shape index (κ2) is 11.7. The minimum absolute atomic E-state index is 0.0391. The molecule has 0 spiro atoms. The molecule has 186 valence electrons. The maximum Gasteiger partial charge on any atom is 0.282 e. The predicted octanol–water partition coefficient (Wildman–Crippen LogP) is 7.43. The maximum atomic E-state index is 13.5. The van der Waals surface area contributed by atoms with Gasteiger partial charge in [0.1, 0.15) is 5.82 Å². The summed E-state index contributed by atoms with van der Waals surface area (Å²) in [4.78, 5) is 18.4. The van der Waals surface area contributed by atoms with Gasteiger partial charge in [-0.25, -0.2) is 4.98 Å². The predicted molar refractivity (Wildman–Crippen MR) is 148 cm³/mol. The van der Waals surface area contributed by atoms with Gasteiger partial charge in [-0.05, 0) is 83.2 Å². The van der Waals surface area contributed by atoms with Gasteiger partial charge in [-0.2, -0.15) is 9.78 Å². The van der Waals surface area contributed by atoms with Crippen LogP contribution in [0.25, 0.3) is 10.9 Å². The molecule has 1 heterocycles. The lowest BCUT2D eigenvalue weighted by Gasteiger charge is -2.23. The lowest BCUT2D eigenvalue weighted by atomic mass is 9.88. The van der Waals surface area contributed by atoms with Crippen LogP contribution in [0.3, 0.4) is 0 Å². The molecule has 8 heteroatoms. The Labute approximate surface area is 223 Å². The van der Waals surface area contributed by atoms with Crippen LogP contribution in [-0.4, -0.2) is 28.6 Å². The summed E-state index contributed by atoms with van der Waals surface area (Å²) in [5, 5.41) is 5.25. The van der Waals surface area contributed by atoms with Crippen molar-refractivity contribution in [3.63, 3.8) is 0 Å². The summed E-state index contributed by atoms with van der Waals surface area (Å²) in [6, 6.07) is 9.37. The van der Waals surface area contributed by atoms with E-state index in [1.165, 1.54) is 11.1 Å². The number of ether oxygens (including phenoxy) is 2. The molecule has 4 rings (SSSR count). The van der Waals surface area contributed by atoms with Crippen LogP contribution >= 0.6 is 31.9 Å². The lowest BCUT2D eigenvalue weighted by molar-refractivity contribution is 0.201. The molecule has 0 radical (unpaired) electrons. The van der Waals surface area contributed by atoms with E-state index < -0.39 is 0 Å². The second-order valence-electron chi connectivity index (χ2n) is 8.87. The Morgan fingerprint density at radius 3 is 2.63 bits per heavy atom. The highest BCUT2D eigenvalue weighted by atomic mass is 79.9. The Kier molecular flexibility index (Phi) is 8.65. The van der Waals surface area contributed by atoms with Gasteiger partial charge in [-0.3, -0.25) is 4.79 Å². The Bertz CT molecular complexity index is 1280. The van der Waals surface area contributed by atoms with E-state index in [1.54, 1.807) is 6.21 Å². The number of hydrogen-bond donors (Lipinski definition) is 0. The number of halogens is 2. The van der Waals surface area contributed by atoms with Gasteiger partial charge in [-0.15, -0.1) is 0 Å². The summed E-state index contributed by atoms with van der Waals surface area (Å²) < 4.78 is 15.0. The largest absolute Gasteiger partial charge is 0.490 e. The van der Waals surface area contributed by atoms with Gasteiger partial charge in [-0.1, -0.05) is 38.3 Å². The summed E-state index contributed by atoms with van der Waals surface area (Å²) in [5.74, 6) is 2.23. The number of para-hydroxylation sites is 1. The van der Waals surface area contributed by atoms with Crippen LogP contribution in [0.2, 0.25) is 0 Å². The first-order valence-corrected chi connectivity index (χ1v) is 13.9. The summed E-state index contributed by atoms with van der Waals surface area (Å²) in [6.07, 6.45) is 8.16. The highest BCUT2D eigenvalue weighted by molar-refractivity contribution is 9.13. The number of benzene rings is 2. The first kappa shape index (κ1) is 25.9. The maximum absolute atomic E-state index is 13.5.